The Hall–Kier alpha value is -1.77. The molecule has 0 amide bonds. The first-order valence-electron chi connectivity index (χ1n) is 6.16. The van der Waals surface area contributed by atoms with Crippen LogP contribution in [0.3, 0.4) is 0 Å². The number of fused-ring (bicyclic) bond motifs is 1. The van der Waals surface area contributed by atoms with Crippen LogP contribution in [0.15, 0.2) is 24.3 Å². The highest BCUT2D eigenvalue weighted by Crippen LogP contribution is 2.32. The Balaban J connectivity index is 2.07. The highest BCUT2D eigenvalue weighted by Gasteiger charge is 2.21. The molecule has 17 heavy (non-hydrogen) atoms. The highest BCUT2D eigenvalue weighted by atomic mass is 15.1. The summed E-state index contributed by atoms with van der Waals surface area (Å²) < 4.78 is 0. The van der Waals surface area contributed by atoms with Crippen molar-refractivity contribution in [1.29, 1.82) is 0 Å². The standard InChI is InChI=1S/C14H17N3/c1-9-5-6-13-12(7-9)14(17-16-13)10-3-2-4-11(15)8-10/h2-4,8-9H,5-7,15H2,1H3,(H,16,17). The molecule has 1 aliphatic rings. The van der Waals surface area contributed by atoms with Crippen LogP contribution in [0.2, 0.25) is 0 Å². The molecule has 0 fully saturated rings. The van der Waals surface area contributed by atoms with Crippen LogP contribution in [0.1, 0.15) is 24.6 Å². The molecule has 0 saturated heterocycles. The van der Waals surface area contributed by atoms with Gasteiger partial charge in [0.05, 0.1) is 5.69 Å². The summed E-state index contributed by atoms with van der Waals surface area (Å²) in [4.78, 5) is 0. The van der Waals surface area contributed by atoms with Crippen molar-refractivity contribution < 1.29 is 0 Å². The van der Waals surface area contributed by atoms with Gasteiger partial charge in [-0.1, -0.05) is 19.1 Å². The first-order valence-corrected chi connectivity index (χ1v) is 6.16. The molecule has 1 unspecified atom stereocenters. The first kappa shape index (κ1) is 10.4. The van der Waals surface area contributed by atoms with Gasteiger partial charge in [-0.15, -0.1) is 0 Å². The lowest BCUT2D eigenvalue weighted by Gasteiger charge is -2.18. The summed E-state index contributed by atoms with van der Waals surface area (Å²) in [5, 5.41) is 7.64. The van der Waals surface area contributed by atoms with Gasteiger partial charge in [0.1, 0.15) is 0 Å². The average Bonchev–Trinajstić information content (AvgIpc) is 2.71. The third-order valence-corrected chi connectivity index (χ3v) is 3.55. The molecule has 1 heterocycles. The lowest BCUT2D eigenvalue weighted by molar-refractivity contribution is 0.498. The van der Waals surface area contributed by atoms with Gasteiger partial charge in [-0.2, -0.15) is 5.10 Å². The number of anilines is 1. The van der Waals surface area contributed by atoms with Gasteiger partial charge in [-0.3, -0.25) is 5.10 Å². The van der Waals surface area contributed by atoms with E-state index in [0.29, 0.717) is 0 Å². The summed E-state index contributed by atoms with van der Waals surface area (Å²) in [7, 11) is 0. The maximum Gasteiger partial charge on any atom is 0.0956 e. The lowest BCUT2D eigenvalue weighted by Crippen LogP contribution is -2.10. The number of nitrogens with two attached hydrogens (primary N) is 1. The van der Waals surface area contributed by atoms with E-state index in [0.717, 1.165) is 35.7 Å². The van der Waals surface area contributed by atoms with Gasteiger partial charge < -0.3 is 5.73 Å². The van der Waals surface area contributed by atoms with Crippen LogP contribution in [0.5, 0.6) is 0 Å². The highest BCUT2D eigenvalue weighted by molar-refractivity contribution is 5.67. The molecule has 1 atom stereocenters. The summed E-state index contributed by atoms with van der Waals surface area (Å²) in [5.74, 6) is 0.750. The molecule has 0 bridgehead atoms. The Morgan fingerprint density at radius 2 is 2.29 bits per heavy atom. The first-order chi connectivity index (χ1) is 8.24. The van der Waals surface area contributed by atoms with E-state index in [1.807, 2.05) is 18.2 Å². The number of hydrogen-bond donors (Lipinski definition) is 2. The van der Waals surface area contributed by atoms with Gasteiger partial charge in [0.15, 0.2) is 0 Å². The lowest BCUT2D eigenvalue weighted by atomic mass is 9.86. The molecule has 88 valence electrons. The zero-order valence-corrected chi connectivity index (χ0v) is 10.0. The molecule has 0 spiro atoms. The van der Waals surface area contributed by atoms with E-state index < -0.39 is 0 Å². The van der Waals surface area contributed by atoms with Crippen molar-refractivity contribution in [3.8, 4) is 11.3 Å². The van der Waals surface area contributed by atoms with Crippen LogP contribution < -0.4 is 5.73 Å². The van der Waals surface area contributed by atoms with Gasteiger partial charge in [-0.25, -0.2) is 0 Å². The van der Waals surface area contributed by atoms with Crippen LogP contribution in [-0.2, 0) is 12.8 Å². The van der Waals surface area contributed by atoms with Crippen LogP contribution in [0.4, 0.5) is 5.69 Å². The number of hydrogen-bond acceptors (Lipinski definition) is 2. The van der Waals surface area contributed by atoms with Crippen molar-refractivity contribution in [3.05, 3.63) is 35.5 Å². The minimum atomic E-state index is 0.750. The van der Waals surface area contributed by atoms with E-state index in [1.165, 1.54) is 17.7 Å². The third-order valence-electron chi connectivity index (χ3n) is 3.55. The summed E-state index contributed by atoms with van der Waals surface area (Å²) in [6, 6.07) is 7.96. The number of nitrogens with zero attached hydrogens (tertiary/aromatic N) is 1. The number of nitrogens with one attached hydrogen (secondary N) is 1. The van der Waals surface area contributed by atoms with E-state index in [9.17, 15) is 0 Å². The SMILES string of the molecule is CC1CCc2[nH]nc(-c3cccc(N)c3)c2C1. The van der Waals surface area contributed by atoms with Gasteiger partial charge in [0, 0.05) is 22.5 Å². The Morgan fingerprint density at radius 3 is 3.12 bits per heavy atom. The van der Waals surface area contributed by atoms with Crippen LogP contribution >= 0.6 is 0 Å². The van der Waals surface area contributed by atoms with Crippen molar-refractivity contribution in [2.45, 2.75) is 26.2 Å². The molecule has 1 aromatic heterocycles. The van der Waals surface area contributed by atoms with Gasteiger partial charge in [0.2, 0.25) is 0 Å². The van der Waals surface area contributed by atoms with Gasteiger partial charge in [0.25, 0.3) is 0 Å². The second-order valence-electron chi connectivity index (χ2n) is 5.00. The summed E-state index contributed by atoms with van der Waals surface area (Å²) in [6.45, 7) is 2.30. The number of aryl methyl sites for hydroxylation is 1. The fourth-order valence-corrected chi connectivity index (χ4v) is 2.59. The Kier molecular flexibility index (Phi) is 2.39. The molecule has 0 radical (unpaired) electrons. The quantitative estimate of drug-likeness (QED) is 0.736. The van der Waals surface area contributed by atoms with Crippen LogP contribution in [-0.4, -0.2) is 10.2 Å². The summed E-state index contributed by atoms with van der Waals surface area (Å²) >= 11 is 0. The van der Waals surface area contributed by atoms with Crippen LogP contribution in [0, 0.1) is 5.92 Å². The van der Waals surface area contributed by atoms with Gasteiger partial charge in [-0.05, 0) is 37.3 Å². The Bertz CT molecular complexity index is 542. The molecular weight excluding hydrogens is 210 g/mol. The van der Waals surface area contributed by atoms with E-state index in [2.05, 4.69) is 23.2 Å². The minimum absolute atomic E-state index is 0.750. The molecule has 3 rings (SSSR count). The molecular formula is C14H17N3. The monoisotopic (exact) mass is 227 g/mol. The van der Waals surface area contributed by atoms with E-state index in [1.54, 1.807) is 0 Å². The fourth-order valence-electron chi connectivity index (χ4n) is 2.59. The van der Waals surface area contributed by atoms with Gasteiger partial charge >= 0.3 is 0 Å². The van der Waals surface area contributed by atoms with Crippen molar-refractivity contribution in [2.75, 3.05) is 5.73 Å². The largest absolute Gasteiger partial charge is 0.399 e. The second-order valence-corrected chi connectivity index (χ2v) is 5.00. The zero-order valence-electron chi connectivity index (χ0n) is 10.0. The molecule has 3 N–H and O–H groups in total. The predicted octanol–water partition coefficient (Wildman–Crippen LogP) is 2.78. The smallest absolute Gasteiger partial charge is 0.0956 e. The van der Waals surface area contributed by atoms with Crippen molar-refractivity contribution in [2.24, 2.45) is 5.92 Å². The Labute approximate surface area is 101 Å². The van der Waals surface area contributed by atoms with E-state index in [4.69, 9.17) is 5.73 Å². The normalized spacial score (nSPS) is 19.0. The summed E-state index contributed by atoms with van der Waals surface area (Å²) in [6.07, 6.45) is 3.49. The topological polar surface area (TPSA) is 54.7 Å². The van der Waals surface area contributed by atoms with Crippen molar-refractivity contribution in [3.63, 3.8) is 0 Å². The molecule has 3 nitrogen and oxygen atoms in total. The van der Waals surface area contributed by atoms with E-state index in [-0.39, 0.29) is 0 Å². The third kappa shape index (κ3) is 1.82. The fraction of sp³-hybridized carbons (Fsp3) is 0.357. The summed E-state index contributed by atoms with van der Waals surface area (Å²) in [5.41, 5.74) is 11.5. The molecule has 3 heteroatoms. The predicted molar refractivity (Wildman–Crippen MR) is 69.6 cm³/mol. The van der Waals surface area contributed by atoms with Crippen molar-refractivity contribution >= 4 is 5.69 Å². The number of nitrogen functional groups attached to an aromatic ring is 1. The maximum absolute atomic E-state index is 5.83. The number of aromatic amines is 1. The molecule has 1 aromatic carbocycles. The van der Waals surface area contributed by atoms with E-state index >= 15 is 0 Å². The van der Waals surface area contributed by atoms with Crippen molar-refractivity contribution in [1.82, 2.24) is 10.2 Å². The molecule has 2 aromatic rings. The zero-order chi connectivity index (χ0) is 11.8. The molecule has 0 aliphatic heterocycles. The van der Waals surface area contributed by atoms with Crippen LogP contribution in [0.25, 0.3) is 11.3 Å². The maximum atomic E-state index is 5.83. The number of aromatic nitrogens is 2. The second kappa shape index (κ2) is 3.91. The minimum Gasteiger partial charge on any atom is -0.399 e. The molecule has 1 aliphatic carbocycles. The number of H-pyrrole nitrogens is 1. The number of benzene rings is 1. The Morgan fingerprint density at radius 1 is 1.41 bits per heavy atom. The number of rotatable bonds is 1. The molecule has 0 saturated carbocycles. The average molecular weight is 227 g/mol.